The van der Waals surface area contributed by atoms with Crippen LogP contribution < -0.4 is 10.2 Å². The Bertz CT molecular complexity index is 803. The van der Waals surface area contributed by atoms with E-state index in [4.69, 9.17) is 16.3 Å². The van der Waals surface area contributed by atoms with Gasteiger partial charge in [0, 0.05) is 14.2 Å². The molecule has 126 valence electrons. The van der Waals surface area contributed by atoms with Gasteiger partial charge in [0.15, 0.2) is 6.61 Å². The summed E-state index contributed by atoms with van der Waals surface area (Å²) < 4.78 is 7.70. The molecule has 0 aliphatic rings. The molecule has 24 heavy (non-hydrogen) atoms. The monoisotopic (exact) mass is 634 g/mol. The van der Waals surface area contributed by atoms with Gasteiger partial charge >= 0.3 is 0 Å². The molecule has 0 heterocycles. The fraction of sp³-hybridized carbons (Fsp3) is 0.0667. The minimum Gasteiger partial charge on any atom is -0.506 e. The number of ether oxygens (including phenoxy) is 1. The Kier molecular flexibility index (Phi) is 7.57. The van der Waals surface area contributed by atoms with E-state index < -0.39 is 5.91 Å². The van der Waals surface area contributed by atoms with Crippen LogP contribution in [-0.2, 0) is 4.79 Å². The molecule has 0 saturated heterocycles. The normalized spacial score (nSPS) is 10.8. The van der Waals surface area contributed by atoms with Crippen molar-refractivity contribution in [2.45, 2.75) is 0 Å². The number of amides is 1. The first-order valence-electron chi connectivity index (χ1n) is 6.44. The van der Waals surface area contributed by atoms with E-state index in [2.05, 4.69) is 49.0 Å². The smallest absolute Gasteiger partial charge is 0.277 e. The van der Waals surface area contributed by atoms with E-state index >= 15 is 0 Å². The van der Waals surface area contributed by atoms with E-state index in [1.165, 1.54) is 6.21 Å². The van der Waals surface area contributed by atoms with Crippen LogP contribution in [0, 0.1) is 7.14 Å². The third-order valence-corrected chi connectivity index (χ3v) is 5.00. The molecule has 0 fully saturated rings. The largest absolute Gasteiger partial charge is 0.506 e. The number of nitrogens with one attached hydrogen (secondary N) is 1. The van der Waals surface area contributed by atoms with Crippen LogP contribution in [0.4, 0.5) is 0 Å². The standard InChI is InChI=1S/C15H10BrClI2N2O3/c16-11-4-9(17)1-2-13(11)24-7-14(22)21-20-6-8-3-10(18)5-12(19)15(8)23/h1-6,23H,7H2,(H,21,22)/b20-6-. The summed E-state index contributed by atoms with van der Waals surface area (Å²) in [5.74, 6) is 0.201. The molecule has 0 atom stereocenters. The average molecular weight is 635 g/mol. The number of benzene rings is 2. The van der Waals surface area contributed by atoms with Gasteiger partial charge in [-0.15, -0.1) is 0 Å². The number of halogens is 4. The summed E-state index contributed by atoms with van der Waals surface area (Å²) in [5, 5.41) is 14.3. The molecule has 0 bridgehead atoms. The molecular weight excluding hydrogens is 625 g/mol. The van der Waals surface area contributed by atoms with Crippen molar-refractivity contribution in [3.63, 3.8) is 0 Å². The van der Waals surface area contributed by atoms with Crippen LogP contribution in [-0.4, -0.2) is 23.8 Å². The number of hydrogen-bond donors (Lipinski definition) is 2. The van der Waals surface area contributed by atoms with Crippen molar-refractivity contribution < 1.29 is 14.6 Å². The van der Waals surface area contributed by atoms with E-state index in [1.807, 2.05) is 28.7 Å². The van der Waals surface area contributed by atoms with Crippen molar-refractivity contribution in [3.8, 4) is 11.5 Å². The lowest BCUT2D eigenvalue weighted by Gasteiger charge is -2.07. The van der Waals surface area contributed by atoms with E-state index in [-0.39, 0.29) is 12.4 Å². The van der Waals surface area contributed by atoms with Gasteiger partial charge in [-0.25, -0.2) is 5.43 Å². The van der Waals surface area contributed by atoms with Gasteiger partial charge in [0.2, 0.25) is 0 Å². The van der Waals surface area contributed by atoms with Crippen molar-refractivity contribution in [3.05, 3.63) is 52.5 Å². The quantitative estimate of drug-likeness (QED) is 0.288. The second kappa shape index (κ2) is 9.20. The van der Waals surface area contributed by atoms with Gasteiger partial charge in [-0.1, -0.05) is 11.6 Å². The van der Waals surface area contributed by atoms with Crippen molar-refractivity contribution in [1.29, 1.82) is 0 Å². The second-order valence-electron chi connectivity index (χ2n) is 4.48. The van der Waals surface area contributed by atoms with Crippen LogP contribution in [0.3, 0.4) is 0 Å². The van der Waals surface area contributed by atoms with Gasteiger partial charge in [-0.05, 0) is 91.4 Å². The molecule has 0 saturated carbocycles. The topological polar surface area (TPSA) is 70.9 Å². The minimum absolute atomic E-state index is 0.121. The lowest BCUT2D eigenvalue weighted by Crippen LogP contribution is -2.24. The summed E-state index contributed by atoms with van der Waals surface area (Å²) in [4.78, 5) is 11.7. The molecule has 0 aliphatic heterocycles. The molecule has 5 nitrogen and oxygen atoms in total. The number of phenolic OH excluding ortho intramolecular Hbond substituents is 1. The molecular formula is C15H10BrClI2N2O3. The van der Waals surface area contributed by atoms with Crippen molar-refractivity contribution in [2.24, 2.45) is 5.10 Å². The Hall–Kier alpha value is -0.590. The van der Waals surface area contributed by atoms with Crippen LogP contribution in [0.1, 0.15) is 5.56 Å². The molecule has 1 amide bonds. The summed E-state index contributed by atoms with van der Waals surface area (Å²) in [7, 11) is 0. The molecule has 0 aliphatic carbocycles. The maximum Gasteiger partial charge on any atom is 0.277 e. The number of carbonyl (C=O) groups is 1. The van der Waals surface area contributed by atoms with Crippen LogP contribution >= 0.6 is 72.7 Å². The number of aromatic hydroxyl groups is 1. The Morgan fingerprint density at radius 3 is 2.83 bits per heavy atom. The van der Waals surface area contributed by atoms with Crippen LogP contribution in [0.5, 0.6) is 11.5 Å². The predicted octanol–water partition coefficient (Wildman–Crippen LogP) is 4.55. The van der Waals surface area contributed by atoms with Gasteiger partial charge in [-0.3, -0.25) is 4.79 Å². The lowest BCUT2D eigenvalue weighted by molar-refractivity contribution is -0.123. The predicted molar refractivity (Wildman–Crippen MR) is 114 cm³/mol. The van der Waals surface area contributed by atoms with Gasteiger partial charge < -0.3 is 9.84 Å². The molecule has 2 aromatic carbocycles. The first-order valence-corrected chi connectivity index (χ1v) is 9.77. The van der Waals surface area contributed by atoms with Gasteiger partial charge in [0.25, 0.3) is 5.91 Å². The highest BCUT2D eigenvalue weighted by molar-refractivity contribution is 14.1. The molecule has 0 unspecified atom stereocenters. The molecule has 2 N–H and O–H groups in total. The first-order chi connectivity index (χ1) is 11.4. The van der Waals surface area contributed by atoms with E-state index in [0.29, 0.717) is 24.4 Å². The number of hydrazone groups is 1. The maximum absolute atomic E-state index is 11.7. The molecule has 0 aromatic heterocycles. The van der Waals surface area contributed by atoms with Gasteiger partial charge in [0.05, 0.1) is 14.3 Å². The van der Waals surface area contributed by atoms with Crippen LogP contribution in [0.2, 0.25) is 5.02 Å². The van der Waals surface area contributed by atoms with E-state index in [1.54, 1.807) is 24.3 Å². The number of carbonyl (C=O) groups excluding carboxylic acids is 1. The third kappa shape index (κ3) is 5.74. The number of phenols is 1. The third-order valence-electron chi connectivity index (χ3n) is 2.70. The summed E-state index contributed by atoms with van der Waals surface area (Å²) in [6, 6.07) is 8.60. The summed E-state index contributed by atoms with van der Waals surface area (Å²) in [6.45, 7) is -0.201. The van der Waals surface area contributed by atoms with Gasteiger partial charge in [0.1, 0.15) is 11.5 Å². The highest BCUT2D eigenvalue weighted by atomic mass is 127. The molecule has 2 rings (SSSR count). The van der Waals surface area contributed by atoms with Crippen molar-refractivity contribution in [1.82, 2.24) is 5.43 Å². The van der Waals surface area contributed by atoms with Crippen molar-refractivity contribution >= 4 is 84.8 Å². The van der Waals surface area contributed by atoms with Crippen LogP contribution in [0.25, 0.3) is 0 Å². The SMILES string of the molecule is O=C(COc1ccc(Cl)cc1Br)N/N=C\c1cc(I)cc(I)c1O. The zero-order valence-corrected chi connectivity index (χ0v) is 18.6. The molecule has 0 spiro atoms. The Labute approximate surface area is 179 Å². The fourth-order valence-corrected chi connectivity index (χ4v) is 4.31. The highest BCUT2D eigenvalue weighted by Gasteiger charge is 2.07. The zero-order valence-electron chi connectivity index (χ0n) is 11.9. The lowest BCUT2D eigenvalue weighted by atomic mass is 10.2. The second-order valence-corrected chi connectivity index (χ2v) is 8.18. The first kappa shape index (κ1) is 19.7. The number of nitrogens with zero attached hydrogens (tertiary/aromatic N) is 1. The Morgan fingerprint density at radius 1 is 1.38 bits per heavy atom. The van der Waals surface area contributed by atoms with E-state index in [0.717, 1.165) is 3.57 Å². The van der Waals surface area contributed by atoms with Crippen molar-refractivity contribution in [2.75, 3.05) is 6.61 Å². The zero-order chi connectivity index (χ0) is 17.7. The summed E-state index contributed by atoms with van der Waals surface area (Å²) >= 11 is 13.3. The Morgan fingerprint density at radius 2 is 2.12 bits per heavy atom. The molecule has 2 aromatic rings. The highest BCUT2D eigenvalue weighted by Crippen LogP contribution is 2.28. The van der Waals surface area contributed by atoms with Crippen LogP contribution in [0.15, 0.2) is 39.9 Å². The average Bonchev–Trinajstić information content (AvgIpc) is 2.51. The Balaban J connectivity index is 1.91. The fourth-order valence-electron chi connectivity index (χ4n) is 1.63. The number of rotatable bonds is 5. The van der Waals surface area contributed by atoms with E-state index in [9.17, 15) is 9.90 Å². The molecule has 9 heteroatoms. The van der Waals surface area contributed by atoms with Gasteiger partial charge in [-0.2, -0.15) is 5.10 Å². The summed E-state index contributed by atoms with van der Waals surface area (Å²) in [6.07, 6.45) is 1.38. The summed E-state index contributed by atoms with van der Waals surface area (Å²) in [5.41, 5.74) is 2.87. The molecule has 0 radical (unpaired) electrons. The minimum atomic E-state index is -0.423. The number of hydrogen-bond acceptors (Lipinski definition) is 4. The maximum atomic E-state index is 11.7.